The molecule has 0 aliphatic carbocycles. The van der Waals surface area contributed by atoms with Crippen LogP contribution in [0, 0.1) is 16.7 Å². The van der Waals surface area contributed by atoms with Crippen molar-refractivity contribution in [2.24, 2.45) is 5.41 Å². The van der Waals surface area contributed by atoms with E-state index in [9.17, 15) is 9.59 Å². The fraction of sp³-hybridized carbons (Fsp3) is 0.357. The lowest BCUT2D eigenvalue weighted by atomic mass is 9.82. The standard InChI is InChI=1S/C14H16N2O3/c1-14(2,3)12(16-13(18)19)11(17)10-6-4-9(8-15)5-7-10/h4-7,12,16H,1-3H3,(H,18,19). The number of carbonyl (C=O) groups is 2. The second kappa shape index (κ2) is 5.53. The maximum Gasteiger partial charge on any atom is 0.405 e. The minimum absolute atomic E-state index is 0.306. The molecule has 0 fully saturated rings. The summed E-state index contributed by atoms with van der Waals surface area (Å²) in [5, 5.41) is 19.8. The number of rotatable bonds is 3. The minimum Gasteiger partial charge on any atom is -0.465 e. The first-order chi connectivity index (χ1) is 8.75. The molecule has 1 aromatic carbocycles. The Balaban J connectivity index is 3.05. The summed E-state index contributed by atoms with van der Waals surface area (Å²) in [6.07, 6.45) is -1.23. The second-order valence-electron chi connectivity index (χ2n) is 5.30. The van der Waals surface area contributed by atoms with E-state index >= 15 is 0 Å². The highest BCUT2D eigenvalue weighted by Gasteiger charge is 2.33. The van der Waals surface area contributed by atoms with Gasteiger partial charge in [0.05, 0.1) is 11.6 Å². The molecule has 0 bridgehead atoms. The molecule has 100 valence electrons. The SMILES string of the molecule is CC(C)(C)C(NC(=O)O)C(=O)c1ccc(C#N)cc1. The number of amides is 1. The van der Waals surface area contributed by atoms with Crippen LogP contribution in [-0.4, -0.2) is 23.0 Å². The van der Waals surface area contributed by atoms with E-state index in [-0.39, 0.29) is 5.78 Å². The Morgan fingerprint density at radius 2 is 1.79 bits per heavy atom. The van der Waals surface area contributed by atoms with Gasteiger partial charge >= 0.3 is 6.09 Å². The van der Waals surface area contributed by atoms with Gasteiger partial charge in [-0.15, -0.1) is 0 Å². The zero-order valence-electron chi connectivity index (χ0n) is 11.1. The molecule has 0 saturated heterocycles. The molecular weight excluding hydrogens is 244 g/mol. The number of hydrogen-bond donors (Lipinski definition) is 2. The van der Waals surface area contributed by atoms with Gasteiger partial charge in [0.25, 0.3) is 0 Å². The van der Waals surface area contributed by atoms with Crippen LogP contribution in [0.3, 0.4) is 0 Å². The lowest BCUT2D eigenvalue weighted by molar-refractivity contribution is 0.0857. The Kier molecular flexibility index (Phi) is 4.28. The van der Waals surface area contributed by atoms with Crippen LogP contribution in [0.5, 0.6) is 0 Å². The van der Waals surface area contributed by atoms with Gasteiger partial charge in [0.2, 0.25) is 0 Å². The predicted octanol–water partition coefficient (Wildman–Crippen LogP) is 2.42. The molecule has 5 nitrogen and oxygen atoms in total. The van der Waals surface area contributed by atoms with Gasteiger partial charge < -0.3 is 10.4 Å². The van der Waals surface area contributed by atoms with Gasteiger partial charge in [-0.2, -0.15) is 5.26 Å². The largest absolute Gasteiger partial charge is 0.465 e. The normalized spacial score (nSPS) is 12.3. The summed E-state index contributed by atoms with van der Waals surface area (Å²) in [6.45, 7) is 5.36. The molecule has 5 heteroatoms. The summed E-state index contributed by atoms with van der Waals surface area (Å²) < 4.78 is 0. The van der Waals surface area contributed by atoms with Gasteiger partial charge in [0.1, 0.15) is 6.04 Å². The molecule has 1 unspecified atom stereocenters. The van der Waals surface area contributed by atoms with E-state index in [1.165, 1.54) is 24.3 Å². The molecule has 1 atom stereocenters. The van der Waals surface area contributed by atoms with Gasteiger partial charge in [-0.05, 0) is 17.5 Å². The fourth-order valence-corrected chi connectivity index (χ4v) is 1.67. The fourth-order valence-electron chi connectivity index (χ4n) is 1.67. The van der Waals surface area contributed by atoms with E-state index in [1.54, 1.807) is 20.8 Å². The van der Waals surface area contributed by atoms with Gasteiger partial charge in [-0.1, -0.05) is 32.9 Å². The molecule has 19 heavy (non-hydrogen) atoms. The molecule has 0 spiro atoms. The van der Waals surface area contributed by atoms with Crippen molar-refractivity contribution in [3.8, 4) is 6.07 Å². The summed E-state index contributed by atoms with van der Waals surface area (Å²) in [4.78, 5) is 23.1. The van der Waals surface area contributed by atoms with Crippen LogP contribution in [0.1, 0.15) is 36.7 Å². The monoisotopic (exact) mass is 260 g/mol. The van der Waals surface area contributed by atoms with Crippen molar-refractivity contribution < 1.29 is 14.7 Å². The number of nitrogens with one attached hydrogen (secondary N) is 1. The topological polar surface area (TPSA) is 90.2 Å². The van der Waals surface area contributed by atoms with E-state index in [4.69, 9.17) is 10.4 Å². The lowest BCUT2D eigenvalue weighted by Crippen LogP contribution is -2.48. The highest BCUT2D eigenvalue weighted by atomic mass is 16.4. The molecule has 1 amide bonds. The summed E-state index contributed by atoms with van der Waals surface area (Å²) in [5.74, 6) is -0.306. The van der Waals surface area contributed by atoms with Crippen LogP contribution >= 0.6 is 0 Å². The van der Waals surface area contributed by atoms with E-state index in [2.05, 4.69) is 5.32 Å². The Bertz CT molecular complexity index is 521. The molecule has 0 saturated carbocycles. The third kappa shape index (κ3) is 3.81. The molecule has 2 N–H and O–H groups in total. The third-order valence-corrected chi connectivity index (χ3v) is 2.69. The average molecular weight is 260 g/mol. The third-order valence-electron chi connectivity index (χ3n) is 2.69. The maximum atomic E-state index is 12.3. The number of nitrogens with zero attached hydrogens (tertiary/aromatic N) is 1. The number of hydrogen-bond acceptors (Lipinski definition) is 3. The number of benzene rings is 1. The predicted molar refractivity (Wildman–Crippen MR) is 69.9 cm³/mol. The van der Waals surface area contributed by atoms with Crippen molar-refractivity contribution in [2.45, 2.75) is 26.8 Å². The lowest BCUT2D eigenvalue weighted by Gasteiger charge is -2.29. The molecule has 1 aromatic rings. The Labute approximate surface area is 111 Å². The van der Waals surface area contributed by atoms with E-state index in [0.717, 1.165) is 0 Å². The molecule has 0 aromatic heterocycles. The highest BCUT2D eigenvalue weighted by Crippen LogP contribution is 2.23. The van der Waals surface area contributed by atoms with Crippen LogP contribution in [0.2, 0.25) is 0 Å². The molecule has 0 aliphatic heterocycles. The number of nitriles is 1. The van der Waals surface area contributed by atoms with Crippen molar-refractivity contribution in [1.29, 1.82) is 5.26 Å². The van der Waals surface area contributed by atoms with Crippen LogP contribution < -0.4 is 5.32 Å². The quantitative estimate of drug-likeness (QED) is 0.816. The first kappa shape index (κ1) is 14.7. The molecule has 0 heterocycles. The summed E-state index contributed by atoms with van der Waals surface area (Å²) in [6, 6.07) is 7.26. The number of ketones is 1. The Morgan fingerprint density at radius 3 is 2.16 bits per heavy atom. The Hall–Kier alpha value is -2.35. The van der Waals surface area contributed by atoms with E-state index in [1.807, 2.05) is 6.07 Å². The van der Waals surface area contributed by atoms with Crippen LogP contribution in [-0.2, 0) is 0 Å². The van der Waals surface area contributed by atoms with Crippen molar-refractivity contribution in [3.05, 3.63) is 35.4 Å². The summed E-state index contributed by atoms with van der Waals surface area (Å²) in [5.41, 5.74) is 0.298. The van der Waals surface area contributed by atoms with Gasteiger partial charge in [0, 0.05) is 5.56 Å². The van der Waals surface area contributed by atoms with E-state index in [0.29, 0.717) is 11.1 Å². The number of Topliss-reactive ketones (excluding diaryl/α,β-unsaturated/α-hetero) is 1. The smallest absolute Gasteiger partial charge is 0.405 e. The van der Waals surface area contributed by atoms with Crippen LogP contribution in [0.25, 0.3) is 0 Å². The van der Waals surface area contributed by atoms with E-state index < -0.39 is 17.6 Å². The molecular formula is C14H16N2O3. The zero-order valence-corrected chi connectivity index (χ0v) is 11.1. The van der Waals surface area contributed by atoms with Crippen molar-refractivity contribution in [1.82, 2.24) is 5.32 Å². The number of carbonyl (C=O) groups excluding carboxylic acids is 1. The molecule has 0 radical (unpaired) electrons. The Morgan fingerprint density at radius 1 is 1.26 bits per heavy atom. The zero-order chi connectivity index (χ0) is 14.6. The minimum atomic E-state index is -1.23. The molecule has 0 aliphatic rings. The summed E-state index contributed by atoms with van der Waals surface area (Å²) >= 11 is 0. The van der Waals surface area contributed by atoms with Crippen LogP contribution in [0.15, 0.2) is 24.3 Å². The van der Waals surface area contributed by atoms with Crippen molar-refractivity contribution >= 4 is 11.9 Å². The van der Waals surface area contributed by atoms with Crippen LogP contribution in [0.4, 0.5) is 4.79 Å². The summed E-state index contributed by atoms with van der Waals surface area (Å²) in [7, 11) is 0. The van der Waals surface area contributed by atoms with Gasteiger partial charge in [-0.3, -0.25) is 4.79 Å². The van der Waals surface area contributed by atoms with Gasteiger partial charge in [-0.25, -0.2) is 4.79 Å². The first-order valence-electron chi connectivity index (χ1n) is 5.79. The van der Waals surface area contributed by atoms with Gasteiger partial charge in [0.15, 0.2) is 5.78 Å². The first-order valence-corrected chi connectivity index (χ1v) is 5.79. The molecule has 1 rings (SSSR count). The van der Waals surface area contributed by atoms with Crippen molar-refractivity contribution in [2.75, 3.05) is 0 Å². The number of carboxylic acid groups (broad SMARTS) is 1. The average Bonchev–Trinajstić information content (AvgIpc) is 2.34. The maximum absolute atomic E-state index is 12.3. The highest BCUT2D eigenvalue weighted by molar-refractivity contribution is 6.02. The van der Waals surface area contributed by atoms with Crippen molar-refractivity contribution in [3.63, 3.8) is 0 Å². The second-order valence-corrected chi connectivity index (χ2v) is 5.30.